The van der Waals surface area contributed by atoms with Crippen molar-refractivity contribution >= 4 is 28.2 Å². The third kappa shape index (κ3) is 3.14. The van der Waals surface area contributed by atoms with Crippen molar-refractivity contribution in [1.82, 2.24) is 0 Å². The number of carboxylic acid groups (broad SMARTS) is 1. The molecule has 1 heterocycles. The first-order valence-corrected chi connectivity index (χ1v) is 6.79. The molecular weight excluding hydrogens is 294 g/mol. The van der Waals surface area contributed by atoms with Gasteiger partial charge in [-0.2, -0.15) is 0 Å². The number of aromatic carboxylic acids is 1. The minimum absolute atomic E-state index is 0.0637. The quantitative estimate of drug-likeness (QED) is 0.887. The minimum atomic E-state index is -1.08. The molecule has 21 heavy (non-hydrogen) atoms. The van der Waals surface area contributed by atoms with Gasteiger partial charge < -0.3 is 19.9 Å². The van der Waals surface area contributed by atoms with Crippen LogP contribution in [0.4, 0.5) is 5.00 Å². The molecule has 0 atom stereocenters. The van der Waals surface area contributed by atoms with Gasteiger partial charge in [-0.1, -0.05) is 0 Å². The number of benzene rings is 1. The lowest BCUT2D eigenvalue weighted by Crippen LogP contribution is -2.13. The Morgan fingerprint density at radius 1 is 1.14 bits per heavy atom. The standard InChI is InChI=1S/C14H13NO5S/c1-19-10-4-3-8(7-11(10)20-2)12(16)15-13-9(14(17)18)5-6-21-13/h3-7H,1-2H3,(H,15,16)(H,17,18). The molecule has 0 bridgehead atoms. The number of carboxylic acids is 1. The molecule has 1 amide bonds. The maximum atomic E-state index is 12.2. The molecule has 110 valence electrons. The zero-order valence-corrected chi connectivity index (χ0v) is 12.2. The summed E-state index contributed by atoms with van der Waals surface area (Å²) in [5, 5.41) is 13.5. The van der Waals surface area contributed by atoms with E-state index in [1.165, 1.54) is 26.4 Å². The van der Waals surface area contributed by atoms with Crippen LogP contribution in [-0.2, 0) is 0 Å². The molecule has 2 rings (SSSR count). The monoisotopic (exact) mass is 307 g/mol. The summed E-state index contributed by atoms with van der Waals surface area (Å²) in [7, 11) is 2.98. The molecule has 2 aromatic rings. The van der Waals surface area contributed by atoms with Crippen molar-refractivity contribution in [3.63, 3.8) is 0 Å². The second-order valence-electron chi connectivity index (χ2n) is 3.99. The average Bonchev–Trinajstić information content (AvgIpc) is 2.94. The fourth-order valence-electron chi connectivity index (χ4n) is 1.73. The van der Waals surface area contributed by atoms with Gasteiger partial charge >= 0.3 is 5.97 Å². The van der Waals surface area contributed by atoms with E-state index in [2.05, 4.69) is 5.32 Å². The first-order chi connectivity index (χ1) is 10.1. The second-order valence-corrected chi connectivity index (χ2v) is 4.91. The van der Waals surface area contributed by atoms with Gasteiger partial charge in [0.15, 0.2) is 11.5 Å². The molecule has 0 aliphatic carbocycles. The molecule has 0 fully saturated rings. The first kappa shape index (κ1) is 14.9. The Hall–Kier alpha value is -2.54. The number of hydrogen-bond acceptors (Lipinski definition) is 5. The van der Waals surface area contributed by atoms with E-state index < -0.39 is 11.9 Å². The number of thiophene rings is 1. The van der Waals surface area contributed by atoms with E-state index in [9.17, 15) is 9.59 Å². The molecule has 7 heteroatoms. The highest BCUT2D eigenvalue weighted by Gasteiger charge is 2.16. The van der Waals surface area contributed by atoms with Gasteiger partial charge in [0.25, 0.3) is 5.91 Å². The van der Waals surface area contributed by atoms with Crippen LogP contribution in [0.3, 0.4) is 0 Å². The average molecular weight is 307 g/mol. The Morgan fingerprint density at radius 3 is 2.48 bits per heavy atom. The fourth-order valence-corrected chi connectivity index (χ4v) is 2.50. The van der Waals surface area contributed by atoms with Crippen LogP contribution in [0, 0.1) is 0 Å². The summed E-state index contributed by atoms with van der Waals surface area (Å²) >= 11 is 1.15. The van der Waals surface area contributed by atoms with Crippen LogP contribution in [0.2, 0.25) is 0 Å². The van der Waals surface area contributed by atoms with Gasteiger partial charge in [0.1, 0.15) is 5.00 Å². The number of nitrogens with one attached hydrogen (secondary N) is 1. The normalized spacial score (nSPS) is 10.0. The van der Waals surface area contributed by atoms with Gasteiger partial charge in [0.05, 0.1) is 19.8 Å². The van der Waals surface area contributed by atoms with Crippen LogP contribution >= 0.6 is 11.3 Å². The Bertz CT molecular complexity index is 680. The maximum Gasteiger partial charge on any atom is 0.338 e. The predicted octanol–water partition coefficient (Wildman–Crippen LogP) is 2.72. The third-order valence-electron chi connectivity index (χ3n) is 2.77. The SMILES string of the molecule is COc1ccc(C(=O)Nc2sccc2C(=O)O)cc1OC. The van der Waals surface area contributed by atoms with E-state index in [0.717, 1.165) is 11.3 Å². The van der Waals surface area contributed by atoms with Crippen molar-refractivity contribution in [1.29, 1.82) is 0 Å². The molecule has 0 spiro atoms. The van der Waals surface area contributed by atoms with Gasteiger partial charge in [-0.25, -0.2) is 4.79 Å². The second kappa shape index (κ2) is 6.27. The van der Waals surface area contributed by atoms with Crippen molar-refractivity contribution < 1.29 is 24.2 Å². The van der Waals surface area contributed by atoms with Crippen molar-refractivity contribution in [3.05, 3.63) is 40.8 Å². The minimum Gasteiger partial charge on any atom is -0.493 e. The van der Waals surface area contributed by atoms with Crippen LogP contribution in [0.1, 0.15) is 20.7 Å². The molecule has 0 saturated carbocycles. The molecular formula is C14H13NO5S. The Morgan fingerprint density at radius 2 is 1.86 bits per heavy atom. The third-order valence-corrected chi connectivity index (χ3v) is 3.60. The van der Waals surface area contributed by atoms with Gasteiger partial charge in [-0.15, -0.1) is 11.3 Å². The number of rotatable bonds is 5. The van der Waals surface area contributed by atoms with Crippen LogP contribution in [0.15, 0.2) is 29.6 Å². The smallest absolute Gasteiger partial charge is 0.338 e. The van der Waals surface area contributed by atoms with E-state index >= 15 is 0 Å². The largest absolute Gasteiger partial charge is 0.493 e. The Kier molecular flexibility index (Phi) is 4.44. The summed E-state index contributed by atoms with van der Waals surface area (Å²) in [6.45, 7) is 0. The summed E-state index contributed by atoms with van der Waals surface area (Å²) < 4.78 is 10.2. The summed E-state index contributed by atoms with van der Waals surface area (Å²) in [5.74, 6) is -0.564. The van der Waals surface area contributed by atoms with E-state index in [4.69, 9.17) is 14.6 Å². The number of carbonyl (C=O) groups excluding carboxylic acids is 1. The number of hydrogen-bond donors (Lipinski definition) is 2. The number of amides is 1. The van der Waals surface area contributed by atoms with E-state index in [1.54, 1.807) is 17.5 Å². The first-order valence-electron chi connectivity index (χ1n) is 5.91. The topological polar surface area (TPSA) is 84.9 Å². The molecule has 0 aliphatic rings. The molecule has 6 nitrogen and oxygen atoms in total. The van der Waals surface area contributed by atoms with E-state index in [0.29, 0.717) is 22.1 Å². The highest BCUT2D eigenvalue weighted by molar-refractivity contribution is 7.14. The highest BCUT2D eigenvalue weighted by atomic mass is 32.1. The summed E-state index contributed by atoms with van der Waals surface area (Å²) in [5.41, 5.74) is 0.409. The molecule has 0 aliphatic heterocycles. The van der Waals surface area contributed by atoms with Crippen LogP contribution in [0.25, 0.3) is 0 Å². The van der Waals surface area contributed by atoms with E-state index in [-0.39, 0.29) is 5.56 Å². The predicted molar refractivity (Wildman–Crippen MR) is 78.8 cm³/mol. The van der Waals surface area contributed by atoms with Crippen LogP contribution in [0.5, 0.6) is 11.5 Å². The van der Waals surface area contributed by atoms with Crippen LogP contribution < -0.4 is 14.8 Å². The molecule has 2 N–H and O–H groups in total. The van der Waals surface area contributed by atoms with Gasteiger partial charge in [-0.05, 0) is 29.6 Å². The zero-order valence-electron chi connectivity index (χ0n) is 11.4. The van der Waals surface area contributed by atoms with Crippen molar-refractivity contribution in [2.75, 3.05) is 19.5 Å². The molecule has 0 radical (unpaired) electrons. The lowest BCUT2D eigenvalue weighted by molar-refractivity contribution is 0.0698. The van der Waals surface area contributed by atoms with Crippen molar-refractivity contribution in [2.45, 2.75) is 0 Å². The number of ether oxygens (including phenoxy) is 2. The Balaban J connectivity index is 2.24. The molecule has 0 unspecified atom stereocenters. The van der Waals surface area contributed by atoms with Crippen LogP contribution in [-0.4, -0.2) is 31.2 Å². The lowest BCUT2D eigenvalue weighted by atomic mass is 10.2. The van der Waals surface area contributed by atoms with Crippen molar-refractivity contribution in [3.8, 4) is 11.5 Å². The van der Waals surface area contributed by atoms with Gasteiger partial charge in [-0.3, -0.25) is 4.79 Å². The van der Waals surface area contributed by atoms with Crippen molar-refractivity contribution in [2.24, 2.45) is 0 Å². The number of carbonyl (C=O) groups is 2. The molecule has 1 aromatic heterocycles. The maximum absolute atomic E-state index is 12.2. The van der Waals surface area contributed by atoms with E-state index in [1.807, 2.05) is 0 Å². The van der Waals surface area contributed by atoms with Gasteiger partial charge in [0, 0.05) is 5.56 Å². The fraction of sp³-hybridized carbons (Fsp3) is 0.143. The number of methoxy groups -OCH3 is 2. The summed E-state index contributed by atoms with van der Waals surface area (Å²) in [6.07, 6.45) is 0. The Labute approximate surface area is 124 Å². The summed E-state index contributed by atoms with van der Waals surface area (Å²) in [6, 6.07) is 6.16. The molecule has 0 saturated heterocycles. The van der Waals surface area contributed by atoms with Gasteiger partial charge in [0.2, 0.25) is 0 Å². The molecule has 1 aromatic carbocycles. The zero-order chi connectivity index (χ0) is 15.4. The number of anilines is 1. The summed E-state index contributed by atoms with van der Waals surface area (Å²) in [4.78, 5) is 23.2. The highest BCUT2D eigenvalue weighted by Crippen LogP contribution is 2.29. The lowest BCUT2D eigenvalue weighted by Gasteiger charge is -2.09.